The number of hydrogen-bond acceptors (Lipinski definition) is 4. The first-order chi connectivity index (χ1) is 12.2. The monoisotopic (exact) mass is 381 g/mol. The summed E-state index contributed by atoms with van der Waals surface area (Å²) in [4.78, 5) is 25.8. The van der Waals surface area contributed by atoms with Gasteiger partial charge in [-0.15, -0.1) is 0 Å². The zero-order chi connectivity index (χ0) is 19.2. The van der Waals surface area contributed by atoms with Gasteiger partial charge in [0.2, 0.25) is 5.91 Å². The predicted octanol–water partition coefficient (Wildman–Crippen LogP) is 2.80. The summed E-state index contributed by atoms with van der Waals surface area (Å²) < 4.78 is 5.10. The molecule has 7 heteroatoms. The summed E-state index contributed by atoms with van der Waals surface area (Å²) in [5.41, 5.74) is 0.665. The van der Waals surface area contributed by atoms with Gasteiger partial charge in [0.15, 0.2) is 0 Å². The number of halogens is 1. The van der Waals surface area contributed by atoms with E-state index in [9.17, 15) is 9.59 Å². The lowest BCUT2D eigenvalue weighted by atomic mass is 10.1. The summed E-state index contributed by atoms with van der Waals surface area (Å²) in [6, 6.07) is 7.89. The largest absolute Gasteiger partial charge is 0.444 e. The quantitative estimate of drug-likeness (QED) is 0.794. The van der Waals surface area contributed by atoms with Crippen molar-refractivity contribution in [2.24, 2.45) is 5.92 Å². The van der Waals surface area contributed by atoms with Crippen LogP contribution in [0.3, 0.4) is 0 Å². The fourth-order valence-corrected chi connectivity index (χ4v) is 2.98. The molecule has 2 N–H and O–H groups in total. The van der Waals surface area contributed by atoms with Gasteiger partial charge >= 0.3 is 6.09 Å². The van der Waals surface area contributed by atoms with E-state index in [-0.39, 0.29) is 12.5 Å². The highest BCUT2D eigenvalue weighted by atomic mass is 35.5. The second kappa shape index (κ2) is 9.24. The molecule has 1 fully saturated rings. The molecule has 26 heavy (non-hydrogen) atoms. The van der Waals surface area contributed by atoms with E-state index in [1.807, 2.05) is 24.3 Å². The molecular formula is C19H28ClN3O3. The molecule has 1 aromatic carbocycles. The number of hydrogen-bond donors (Lipinski definition) is 2. The standard InChI is InChI=1S/C19H28ClN3O3/c1-19(2,3)26-18(25)22-11-17(24)21-10-15-8-9-23(13-15)12-14-4-6-16(20)7-5-14/h4-7,15H,8-13H2,1-3H3,(H,21,24)(H,22,25). The smallest absolute Gasteiger partial charge is 0.408 e. The van der Waals surface area contributed by atoms with Crippen molar-refractivity contribution in [2.75, 3.05) is 26.2 Å². The number of likely N-dealkylation sites (tertiary alicyclic amines) is 1. The van der Waals surface area contributed by atoms with E-state index in [2.05, 4.69) is 15.5 Å². The molecule has 1 saturated heterocycles. The zero-order valence-corrected chi connectivity index (χ0v) is 16.4. The maximum absolute atomic E-state index is 11.9. The summed E-state index contributed by atoms with van der Waals surface area (Å²) >= 11 is 5.91. The summed E-state index contributed by atoms with van der Waals surface area (Å²) in [6.07, 6.45) is 0.468. The maximum Gasteiger partial charge on any atom is 0.408 e. The molecule has 0 aromatic heterocycles. The molecule has 0 bridgehead atoms. The number of nitrogens with one attached hydrogen (secondary N) is 2. The molecule has 1 atom stereocenters. The van der Waals surface area contributed by atoms with Gasteiger partial charge in [0.25, 0.3) is 0 Å². The molecule has 144 valence electrons. The molecule has 0 saturated carbocycles. The van der Waals surface area contributed by atoms with Crippen LogP contribution in [0.15, 0.2) is 24.3 Å². The lowest BCUT2D eigenvalue weighted by Crippen LogP contribution is -2.41. The van der Waals surface area contributed by atoms with E-state index >= 15 is 0 Å². The molecule has 1 heterocycles. The van der Waals surface area contributed by atoms with Crippen molar-refractivity contribution in [3.05, 3.63) is 34.9 Å². The van der Waals surface area contributed by atoms with Gasteiger partial charge in [0.1, 0.15) is 5.60 Å². The SMILES string of the molecule is CC(C)(C)OC(=O)NCC(=O)NCC1CCN(Cc2ccc(Cl)cc2)C1. The zero-order valence-electron chi connectivity index (χ0n) is 15.7. The molecular weight excluding hydrogens is 354 g/mol. The lowest BCUT2D eigenvalue weighted by molar-refractivity contribution is -0.120. The van der Waals surface area contributed by atoms with Crippen LogP contribution in [0.5, 0.6) is 0 Å². The first-order valence-corrected chi connectivity index (χ1v) is 9.29. The summed E-state index contributed by atoms with van der Waals surface area (Å²) in [5, 5.41) is 6.09. The van der Waals surface area contributed by atoms with Gasteiger partial charge in [-0.3, -0.25) is 9.69 Å². The Bertz CT molecular complexity index is 613. The molecule has 2 amide bonds. The summed E-state index contributed by atoms with van der Waals surface area (Å²) in [6.45, 7) is 8.74. The average Bonchev–Trinajstić information content (AvgIpc) is 2.99. The molecule has 0 radical (unpaired) electrons. The average molecular weight is 382 g/mol. The van der Waals surface area contributed by atoms with Gasteiger partial charge in [-0.25, -0.2) is 4.79 Å². The number of rotatable bonds is 6. The minimum atomic E-state index is -0.581. The van der Waals surface area contributed by atoms with Gasteiger partial charge in [0, 0.05) is 24.7 Å². The highest BCUT2D eigenvalue weighted by Crippen LogP contribution is 2.19. The molecule has 1 unspecified atom stereocenters. The van der Waals surface area contributed by atoms with E-state index in [4.69, 9.17) is 16.3 Å². The van der Waals surface area contributed by atoms with Gasteiger partial charge in [-0.05, 0) is 57.4 Å². The molecule has 0 spiro atoms. The predicted molar refractivity (Wildman–Crippen MR) is 102 cm³/mol. The van der Waals surface area contributed by atoms with Crippen LogP contribution in [-0.2, 0) is 16.1 Å². The highest BCUT2D eigenvalue weighted by molar-refractivity contribution is 6.30. The third-order valence-corrected chi connectivity index (χ3v) is 4.32. The van der Waals surface area contributed by atoms with Crippen LogP contribution in [0, 0.1) is 5.92 Å². The first kappa shape index (κ1) is 20.5. The van der Waals surface area contributed by atoms with E-state index in [0.717, 1.165) is 31.1 Å². The minimum Gasteiger partial charge on any atom is -0.444 e. The number of ether oxygens (including phenoxy) is 1. The van der Waals surface area contributed by atoms with Crippen LogP contribution < -0.4 is 10.6 Å². The van der Waals surface area contributed by atoms with Gasteiger partial charge in [-0.1, -0.05) is 23.7 Å². The van der Waals surface area contributed by atoms with E-state index in [1.165, 1.54) is 5.56 Å². The Morgan fingerprint density at radius 2 is 1.92 bits per heavy atom. The third-order valence-electron chi connectivity index (χ3n) is 4.07. The van der Waals surface area contributed by atoms with Crippen LogP contribution in [0.1, 0.15) is 32.8 Å². The van der Waals surface area contributed by atoms with Crippen molar-refractivity contribution in [3.63, 3.8) is 0 Å². The number of amides is 2. The Morgan fingerprint density at radius 1 is 1.23 bits per heavy atom. The Labute approximate surface area is 160 Å². The van der Waals surface area contributed by atoms with Crippen LogP contribution in [0.4, 0.5) is 4.79 Å². The number of carbonyl (C=O) groups excluding carboxylic acids is 2. The lowest BCUT2D eigenvalue weighted by Gasteiger charge is -2.19. The summed E-state index contributed by atoms with van der Waals surface area (Å²) in [7, 11) is 0. The number of benzene rings is 1. The Kier molecular flexibility index (Phi) is 7.29. The molecule has 2 rings (SSSR count). The second-order valence-corrected chi connectivity index (χ2v) is 8.11. The topological polar surface area (TPSA) is 70.7 Å². The number of alkyl carbamates (subject to hydrolysis) is 1. The van der Waals surface area contributed by atoms with Crippen LogP contribution in [-0.4, -0.2) is 48.7 Å². The Hall–Kier alpha value is -1.79. The van der Waals surface area contributed by atoms with E-state index < -0.39 is 11.7 Å². The minimum absolute atomic E-state index is 0.0733. The fraction of sp³-hybridized carbons (Fsp3) is 0.579. The third kappa shape index (κ3) is 7.62. The van der Waals surface area contributed by atoms with Crippen molar-refractivity contribution >= 4 is 23.6 Å². The number of carbonyl (C=O) groups is 2. The van der Waals surface area contributed by atoms with Crippen LogP contribution >= 0.6 is 11.6 Å². The van der Waals surface area contributed by atoms with Crippen LogP contribution in [0.2, 0.25) is 5.02 Å². The molecule has 0 aliphatic carbocycles. The van der Waals surface area contributed by atoms with Crippen molar-refractivity contribution in [1.82, 2.24) is 15.5 Å². The fourth-order valence-electron chi connectivity index (χ4n) is 2.86. The van der Waals surface area contributed by atoms with Gasteiger partial charge < -0.3 is 15.4 Å². The van der Waals surface area contributed by atoms with Crippen LogP contribution in [0.25, 0.3) is 0 Å². The molecule has 1 aromatic rings. The normalized spacial score (nSPS) is 17.8. The van der Waals surface area contributed by atoms with E-state index in [1.54, 1.807) is 20.8 Å². The van der Waals surface area contributed by atoms with Crippen molar-refractivity contribution in [1.29, 1.82) is 0 Å². The molecule has 6 nitrogen and oxygen atoms in total. The number of nitrogens with zero attached hydrogens (tertiary/aromatic N) is 1. The maximum atomic E-state index is 11.9. The van der Waals surface area contributed by atoms with Crippen molar-refractivity contribution < 1.29 is 14.3 Å². The summed E-state index contributed by atoms with van der Waals surface area (Å²) in [5.74, 6) is 0.222. The molecule has 1 aliphatic heterocycles. The Balaban J connectivity index is 1.63. The van der Waals surface area contributed by atoms with Gasteiger partial charge in [-0.2, -0.15) is 0 Å². The Morgan fingerprint density at radius 3 is 2.58 bits per heavy atom. The highest BCUT2D eigenvalue weighted by Gasteiger charge is 2.23. The van der Waals surface area contributed by atoms with Crippen molar-refractivity contribution in [2.45, 2.75) is 39.3 Å². The molecule has 1 aliphatic rings. The van der Waals surface area contributed by atoms with Crippen molar-refractivity contribution in [3.8, 4) is 0 Å². The first-order valence-electron chi connectivity index (χ1n) is 8.91. The second-order valence-electron chi connectivity index (χ2n) is 7.68. The van der Waals surface area contributed by atoms with E-state index in [0.29, 0.717) is 12.5 Å². The van der Waals surface area contributed by atoms with Gasteiger partial charge in [0.05, 0.1) is 6.54 Å².